The lowest BCUT2D eigenvalue weighted by Gasteiger charge is -2.15. The fraction of sp³-hybridized carbons (Fsp3) is 0.467. The van der Waals surface area contributed by atoms with Gasteiger partial charge in [0.1, 0.15) is 16.9 Å². The summed E-state index contributed by atoms with van der Waals surface area (Å²) in [6.45, 7) is 5.20. The van der Waals surface area contributed by atoms with Crippen molar-refractivity contribution in [2.75, 3.05) is 14.2 Å². The van der Waals surface area contributed by atoms with E-state index in [1.807, 2.05) is 26.3 Å². The van der Waals surface area contributed by atoms with E-state index in [2.05, 4.69) is 14.9 Å². The summed E-state index contributed by atoms with van der Waals surface area (Å²) in [5.74, 6) is 0.236. The molecule has 114 valence electrons. The first-order valence-electron chi connectivity index (χ1n) is 6.80. The number of aromatic hydroxyl groups is 1. The number of aromatic nitrogens is 2. The van der Waals surface area contributed by atoms with Crippen LogP contribution in [0.3, 0.4) is 0 Å². The van der Waals surface area contributed by atoms with Crippen molar-refractivity contribution in [1.82, 2.24) is 14.9 Å². The van der Waals surface area contributed by atoms with Crippen molar-refractivity contribution in [1.29, 1.82) is 0 Å². The number of thiazole rings is 1. The molecule has 1 N–H and O–H groups in total. The van der Waals surface area contributed by atoms with E-state index in [0.29, 0.717) is 18.8 Å². The van der Waals surface area contributed by atoms with Crippen molar-refractivity contribution in [3.05, 3.63) is 39.6 Å². The van der Waals surface area contributed by atoms with Gasteiger partial charge in [0, 0.05) is 31.3 Å². The summed E-state index contributed by atoms with van der Waals surface area (Å²) >= 11 is 1.61. The highest BCUT2D eigenvalue weighted by molar-refractivity contribution is 7.09. The number of aryl methyl sites for hydroxylation is 1. The second-order valence-corrected chi connectivity index (χ2v) is 6.04. The first kappa shape index (κ1) is 15.9. The van der Waals surface area contributed by atoms with Gasteiger partial charge < -0.3 is 9.84 Å². The van der Waals surface area contributed by atoms with Crippen LogP contribution in [0.1, 0.15) is 35.1 Å². The molecule has 5 nitrogen and oxygen atoms in total. The van der Waals surface area contributed by atoms with Crippen LogP contribution in [-0.4, -0.2) is 34.1 Å². The fourth-order valence-electron chi connectivity index (χ4n) is 1.99. The maximum Gasteiger partial charge on any atom is 0.138 e. The Balaban J connectivity index is 1.99. The van der Waals surface area contributed by atoms with Crippen molar-refractivity contribution in [3.8, 4) is 5.75 Å². The highest BCUT2D eigenvalue weighted by Gasteiger charge is 2.12. The predicted octanol–water partition coefficient (Wildman–Crippen LogP) is 2.89. The molecule has 0 aromatic carbocycles. The molecule has 2 aromatic rings. The Bertz CT molecular complexity index is 600. The van der Waals surface area contributed by atoms with Gasteiger partial charge in [-0.15, -0.1) is 11.3 Å². The van der Waals surface area contributed by atoms with Crippen LogP contribution in [0.5, 0.6) is 5.75 Å². The van der Waals surface area contributed by atoms with Crippen molar-refractivity contribution >= 4 is 11.3 Å². The molecular weight excluding hydrogens is 286 g/mol. The smallest absolute Gasteiger partial charge is 0.138 e. The van der Waals surface area contributed by atoms with Gasteiger partial charge in [0.25, 0.3) is 0 Å². The maximum absolute atomic E-state index is 9.84. The maximum atomic E-state index is 9.84. The van der Waals surface area contributed by atoms with Crippen LogP contribution in [0.15, 0.2) is 17.5 Å². The lowest BCUT2D eigenvalue weighted by molar-refractivity contribution is 0.119. The lowest BCUT2D eigenvalue weighted by Crippen LogP contribution is -2.18. The largest absolute Gasteiger partial charge is 0.506 e. The fourth-order valence-corrected chi connectivity index (χ4v) is 2.83. The van der Waals surface area contributed by atoms with E-state index in [0.717, 1.165) is 16.4 Å². The second-order valence-electron chi connectivity index (χ2n) is 5.15. The highest BCUT2D eigenvalue weighted by atomic mass is 32.1. The van der Waals surface area contributed by atoms with Gasteiger partial charge in [-0.3, -0.25) is 9.88 Å². The van der Waals surface area contributed by atoms with Crippen LogP contribution in [0.2, 0.25) is 0 Å². The third kappa shape index (κ3) is 4.23. The Morgan fingerprint density at radius 3 is 2.81 bits per heavy atom. The molecule has 0 saturated carbocycles. The molecule has 2 rings (SSSR count). The molecule has 21 heavy (non-hydrogen) atoms. The molecule has 6 heteroatoms. The van der Waals surface area contributed by atoms with Crippen LogP contribution >= 0.6 is 11.3 Å². The van der Waals surface area contributed by atoms with Crippen LogP contribution in [0.4, 0.5) is 0 Å². The van der Waals surface area contributed by atoms with Gasteiger partial charge in [0.15, 0.2) is 0 Å². The zero-order chi connectivity index (χ0) is 15.4. The summed E-state index contributed by atoms with van der Waals surface area (Å²) in [5.41, 5.74) is 2.60. The zero-order valence-electron chi connectivity index (χ0n) is 12.8. The van der Waals surface area contributed by atoms with E-state index in [1.165, 1.54) is 0 Å². The number of hydrogen-bond donors (Lipinski definition) is 1. The third-order valence-electron chi connectivity index (χ3n) is 3.21. The molecule has 0 amide bonds. The Morgan fingerprint density at radius 1 is 1.33 bits per heavy atom. The van der Waals surface area contributed by atoms with Gasteiger partial charge in [-0.25, -0.2) is 4.98 Å². The van der Waals surface area contributed by atoms with E-state index in [4.69, 9.17) is 4.74 Å². The predicted molar refractivity (Wildman–Crippen MR) is 83.3 cm³/mol. The number of ether oxygens (including phenoxy) is 1. The Kier molecular flexibility index (Phi) is 5.27. The van der Waals surface area contributed by atoms with Gasteiger partial charge in [0.05, 0.1) is 11.4 Å². The average Bonchev–Trinajstić information content (AvgIpc) is 2.90. The van der Waals surface area contributed by atoms with E-state index < -0.39 is 0 Å². The molecule has 2 aromatic heterocycles. The van der Waals surface area contributed by atoms with Crippen molar-refractivity contribution in [3.63, 3.8) is 0 Å². The van der Waals surface area contributed by atoms with Crippen molar-refractivity contribution in [2.24, 2.45) is 0 Å². The standard InChI is InChI=1S/C15H21N3O2S/c1-10-5-6-14(19)13(16-10)8-18(3)7-12-9-21-15(17-12)11(2)20-4/h5-6,9,11,19H,7-8H2,1-4H3/t11-/m1/s1. The molecule has 0 aliphatic rings. The van der Waals surface area contributed by atoms with Crippen LogP contribution in [0.25, 0.3) is 0 Å². The molecule has 0 saturated heterocycles. The third-order valence-corrected chi connectivity index (χ3v) is 4.27. The molecule has 1 atom stereocenters. The number of pyridine rings is 1. The lowest BCUT2D eigenvalue weighted by atomic mass is 10.2. The van der Waals surface area contributed by atoms with Gasteiger partial charge in [-0.2, -0.15) is 0 Å². The van der Waals surface area contributed by atoms with Gasteiger partial charge in [0.2, 0.25) is 0 Å². The average molecular weight is 307 g/mol. The molecule has 0 aliphatic heterocycles. The minimum Gasteiger partial charge on any atom is -0.506 e. The Morgan fingerprint density at radius 2 is 2.10 bits per heavy atom. The molecule has 0 fully saturated rings. The van der Waals surface area contributed by atoms with Crippen LogP contribution < -0.4 is 0 Å². The van der Waals surface area contributed by atoms with Crippen molar-refractivity contribution < 1.29 is 9.84 Å². The second kappa shape index (κ2) is 6.98. The molecule has 0 bridgehead atoms. The normalized spacial score (nSPS) is 12.8. The summed E-state index contributed by atoms with van der Waals surface area (Å²) < 4.78 is 5.27. The summed E-state index contributed by atoms with van der Waals surface area (Å²) in [6, 6.07) is 3.49. The van der Waals surface area contributed by atoms with Gasteiger partial charge in [-0.05, 0) is 33.0 Å². The number of rotatable bonds is 6. The summed E-state index contributed by atoms with van der Waals surface area (Å²) in [4.78, 5) is 11.0. The Labute approximate surface area is 129 Å². The molecule has 0 aliphatic carbocycles. The van der Waals surface area contributed by atoms with Crippen molar-refractivity contribution in [2.45, 2.75) is 33.0 Å². The van der Waals surface area contributed by atoms with Crippen LogP contribution in [0, 0.1) is 6.92 Å². The molecule has 2 heterocycles. The summed E-state index contributed by atoms with van der Waals surface area (Å²) in [6.07, 6.45) is 0.0246. The van der Waals surface area contributed by atoms with E-state index in [1.54, 1.807) is 30.6 Å². The van der Waals surface area contributed by atoms with Crippen LogP contribution in [-0.2, 0) is 17.8 Å². The van der Waals surface area contributed by atoms with Gasteiger partial charge >= 0.3 is 0 Å². The molecule has 0 radical (unpaired) electrons. The minimum atomic E-state index is 0.0246. The number of methoxy groups -OCH3 is 1. The highest BCUT2D eigenvalue weighted by Crippen LogP contribution is 2.22. The van der Waals surface area contributed by atoms with Gasteiger partial charge in [-0.1, -0.05) is 0 Å². The monoisotopic (exact) mass is 307 g/mol. The Hall–Kier alpha value is -1.50. The van der Waals surface area contributed by atoms with E-state index in [-0.39, 0.29) is 11.9 Å². The quantitative estimate of drug-likeness (QED) is 0.889. The molecule has 0 spiro atoms. The number of nitrogens with zero attached hydrogens (tertiary/aromatic N) is 3. The SMILES string of the molecule is CO[C@H](C)c1nc(CN(C)Cc2nc(C)ccc2O)cs1. The molecular formula is C15H21N3O2S. The topological polar surface area (TPSA) is 58.5 Å². The summed E-state index contributed by atoms with van der Waals surface area (Å²) in [7, 11) is 3.67. The molecule has 0 unspecified atom stereocenters. The minimum absolute atomic E-state index is 0.0246. The number of hydrogen-bond acceptors (Lipinski definition) is 6. The van der Waals surface area contributed by atoms with E-state index >= 15 is 0 Å². The van der Waals surface area contributed by atoms with E-state index in [9.17, 15) is 5.11 Å². The first-order valence-corrected chi connectivity index (χ1v) is 7.68. The summed E-state index contributed by atoms with van der Waals surface area (Å²) in [5, 5.41) is 12.9. The first-order chi connectivity index (χ1) is 9.99. The zero-order valence-corrected chi connectivity index (χ0v) is 13.6.